The molecule has 0 aliphatic carbocycles. The Hall–Kier alpha value is -3.40. The monoisotopic (exact) mass is 312 g/mol. The number of hydrogen-bond acceptors (Lipinski definition) is 2. The van der Waals surface area contributed by atoms with Crippen molar-refractivity contribution >= 4 is 12.2 Å². The second-order valence-electron chi connectivity index (χ2n) is 5.48. The number of aromatic amines is 2. The van der Waals surface area contributed by atoms with Gasteiger partial charge in [0.2, 0.25) is 0 Å². The molecule has 2 heterocycles. The molecule has 0 bridgehead atoms. The van der Waals surface area contributed by atoms with Gasteiger partial charge in [-0.05, 0) is 33.0 Å². The molecule has 0 spiro atoms. The van der Waals surface area contributed by atoms with Gasteiger partial charge < -0.3 is 9.97 Å². The number of H-pyrrole nitrogens is 2. The van der Waals surface area contributed by atoms with Gasteiger partial charge in [0.05, 0.1) is 0 Å². The van der Waals surface area contributed by atoms with Crippen molar-refractivity contribution in [1.82, 2.24) is 19.9 Å². The second kappa shape index (κ2) is 6.38. The summed E-state index contributed by atoms with van der Waals surface area (Å²) < 4.78 is 0. The van der Waals surface area contributed by atoms with Gasteiger partial charge >= 0.3 is 0 Å². The first-order valence-corrected chi connectivity index (χ1v) is 7.76. The summed E-state index contributed by atoms with van der Waals surface area (Å²) in [6.45, 7) is 0. The van der Waals surface area contributed by atoms with Gasteiger partial charge in [0.1, 0.15) is 11.6 Å². The molecule has 2 N–H and O–H groups in total. The van der Waals surface area contributed by atoms with Crippen LogP contribution in [-0.2, 0) is 0 Å². The highest BCUT2D eigenvalue weighted by molar-refractivity contribution is 5.41. The van der Waals surface area contributed by atoms with Crippen molar-refractivity contribution in [2.45, 2.75) is 0 Å². The first-order chi connectivity index (χ1) is 11.9. The van der Waals surface area contributed by atoms with Crippen LogP contribution >= 0.6 is 0 Å². The first kappa shape index (κ1) is 14.2. The van der Waals surface area contributed by atoms with Gasteiger partial charge in [0, 0.05) is 24.8 Å². The van der Waals surface area contributed by atoms with Crippen molar-refractivity contribution in [3.8, 4) is 0 Å². The smallest absolute Gasteiger partial charge is 0.130 e. The van der Waals surface area contributed by atoms with E-state index in [1.165, 1.54) is 10.4 Å². The number of hydrogen-bond donors (Lipinski definition) is 2. The van der Waals surface area contributed by atoms with Gasteiger partial charge in [0.15, 0.2) is 0 Å². The number of nitrogens with zero attached hydrogens (tertiary/aromatic N) is 2. The second-order valence-corrected chi connectivity index (χ2v) is 5.48. The third kappa shape index (κ3) is 3.17. The Labute approximate surface area is 138 Å². The molecule has 0 fully saturated rings. The molecule has 116 valence electrons. The Morgan fingerprint density at radius 2 is 1.00 bits per heavy atom. The normalized spacial score (nSPS) is 10.5. The molecule has 24 heavy (non-hydrogen) atoms. The summed E-state index contributed by atoms with van der Waals surface area (Å²) in [6, 6.07) is 16.9. The predicted octanol–water partition coefficient (Wildman–Crippen LogP) is 2.08. The zero-order valence-corrected chi connectivity index (χ0v) is 13.0. The minimum absolute atomic E-state index is 0.862. The molecule has 0 amide bonds. The molecule has 0 aliphatic heterocycles. The van der Waals surface area contributed by atoms with Crippen LogP contribution in [0.1, 0.15) is 11.6 Å². The van der Waals surface area contributed by atoms with E-state index in [4.69, 9.17) is 0 Å². The Morgan fingerprint density at radius 1 is 0.583 bits per heavy atom. The minimum atomic E-state index is 0.862. The largest absolute Gasteiger partial charge is 0.345 e. The topological polar surface area (TPSA) is 57.4 Å². The van der Waals surface area contributed by atoms with E-state index in [9.17, 15) is 0 Å². The molecule has 2 aromatic heterocycles. The number of benzene rings is 2. The molecule has 4 rings (SSSR count). The third-order valence-corrected chi connectivity index (χ3v) is 3.80. The molecule has 0 unspecified atom stereocenters. The third-order valence-electron chi connectivity index (χ3n) is 3.80. The van der Waals surface area contributed by atoms with Crippen LogP contribution in [0.2, 0.25) is 0 Å². The van der Waals surface area contributed by atoms with Crippen LogP contribution in [0.3, 0.4) is 0 Å². The lowest BCUT2D eigenvalue weighted by molar-refractivity contribution is 1.26. The lowest BCUT2D eigenvalue weighted by Crippen LogP contribution is -2.00. The molecule has 2 aromatic carbocycles. The van der Waals surface area contributed by atoms with Crippen LogP contribution in [0.15, 0.2) is 73.3 Å². The fourth-order valence-electron chi connectivity index (χ4n) is 2.57. The number of imidazole rings is 2. The molecule has 0 saturated carbocycles. The van der Waals surface area contributed by atoms with Crippen molar-refractivity contribution in [3.05, 3.63) is 106 Å². The number of aromatic nitrogens is 4. The standard InChI is InChI=1S/C20H16N4/c1-5-17(6-2-15(1)13-19-21-9-10-22-19)18-7-3-16(4-8-18)14-20-23-11-12-24-20/h1-14H,(H,21,22)(H,23,24). The molecule has 0 radical (unpaired) electrons. The van der Waals surface area contributed by atoms with Gasteiger partial charge in [0.25, 0.3) is 0 Å². The SMILES string of the molecule is C(c1ncc[nH]1)=c1ccc(=c2ccc(=Cc3ncc[nH]3)cc2)cc1. The molecule has 4 aromatic rings. The zero-order chi connectivity index (χ0) is 16.2. The lowest BCUT2D eigenvalue weighted by atomic mass is 10.1. The summed E-state index contributed by atoms with van der Waals surface area (Å²) in [5.74, 6) is 1.72. The zero-order valence-electron chi connectivity index (χ0n) is 13.0. The van der Waals surface area contributed by atoms with Crippen LogP contribution < -0.4 is 10.4 Å². The van der Waals surface area contributed by atoms with E-state index in [1.54, 1.807) is 12.4 Å². The van der Waals surface area contributed by atoms with Gasteiger partial charge in [-0.3, -0.25) is 0 Å². The Morgan fingerprint density at radius 3 is 1.33 bits per heavy atom. The van der Waals surface area contributed by atoms with E-state index in [1.807, 2.05) is 24.5 Å². The van der Waals surface area contributed by atoms with Crippen molar-refractivity contribution < 1.29 is 0 Å². The molecule has 0 saturated heterocycles. The predicted molar refractivity (Wildman–Crippen MR) is 94.1 cm³/mol. The summed E-state index contributed by atoms with van der Waals surface area (Å²) >= 11 is 0. The fourth-order valence-corrected chi connectivity index (χ4v) is 2.57. The van der Waals surface area contributed by atoms with Crippen LogP contribution in [-0.4, -0.2) is 19.9 Å². The fraction of sp³-hybridized carbons (Fsp3) is 0. The highest BCUT2D eigenvalue weighted by Gasteiger charge is 1.89. The number of rotatable bonds is 2. The highest BCUT2D eigenvalue weighted by atomic mass is 14.9. The molecule has 4 heteroatoms. The van der Waals surface area contributed by atoms with E-state index in [0.29, 0.717) is 0 Å². The lowest BCUT2D eigenvalue weighted by Gasteiger charge is -1.91. The summed E-state index contributed by atoms with van der Waals surface area (Å²) in [5, 5.41) is 4.63. The maximum absolute atomic E-state index is 4.21. The van der Waals surface area contributed by atoms with Crippen molar-refractivity contribution in [2.24, 2.45) is 0 Å². The first-order valence-electron chi connectivity index (χ1n) is 7.76. The summed E-state index contributed by atoms with van der Waals surface area (Å²) in [5.41, 5.74) is 0. The molecule has 0 atom stereocenters. The van der Waals surface area contributed by atoms with Gasteiger partial charge in [-0.2, -0.15) is 0 Å². The molecular weight excluding hydrogens is 296 g/mol. The van der Waals surface area contributed by atoms with Crippen LogP contribution in [0, 0.1) is 10.4 Å². The van der Waals surface area contributed by atoms with Gasteiger partial charge in [-0.1, -0.05) is 48.5 Å². The highest BCUT2D eigenvalue weighted by Crippen LogP contribution is 1.95. The summed E-state index contributed by atoms with van der Waals surface area (Å²) in [7, 11) is 0. The van der Waals surface area contributed by atoms with Crippen LogP contribution in [0.4, 0.5) is 0 Å². The molecule has 4 nitrogen and oxygen atoms in total. The van der Waals surface area contributed by atoms with E-state index in [2.05, 4.69) is 68.5 Å². The minimum Gasteiger partial charge on any atom is -0.345 e. The average molecular weight is 312 g/mol. The van der Waals surface area contributed by atoms with Crippen molar-refractivity contribution in [2.75, 3.05) is 0 Å². The van der Waals surface area contributed by atoms with Crippen molar-refractivity contribution in [3.63, 3.8) is 0 Å². The Bertz CT molecular complexity index is 1000. The quantitative estimate of drug-likeness (QED) is 0.595. The van der Waals surface area contributed by atoms with E-state index < -0.39 is 0 Å². The van der Waals surface area contributed by atoms with Crippen molar-refractivity contribution in [1.29, 1.82) is 0 Å². The maximum atomic E-state index is 4.21. The summed E-state index contributed by atoms with van der Waals surface area (Å²) in [4.78, 5) is 14.6. The van der Waals surface area contributed by atoms with E-state index >= 15 is 0 Å². The van der Waals surface area contributed by atoms with E-state index in [0.717, 1.165) is 22.1 Å². The summed E-state index contributed by atoms with van der Waals surface area (Å²) in [6.07, 6.45) is 11.2. The molecular formula is C20H16N4. The Kier molecular flexibility index (Phi) is 3.78. The molecule has 0 aliphatic rings. The van der Waals surface area contributed by atoms with Gasteiger partial charge in [-0.25, -0.2) is 9.97 Å². The Balaban J connectivity index is 1.72. The maximum Gasteiger partial charge on any atom is 0.130 e. The number of nitrogens with one attached hydrogen (secondary N) is 2. The van der Waals surface area contributed by atoms with Gasteiger partial charge in [-0.15, -0.1) is 0 Å². The van der Waals surface area contributed by atoms with Crippen LogP contribution in [0.25, 0.3) is 12.2 Å². The average Bonchev–Trinajstić information content (AvgIpc) is 3.31. The van der Waals surface area contributed by atoms with E-state index in [-0.39, 0.29) is 0 Å². The van der Waals surface area contributed by atoms with Crippen LogP contribution in [0.5, 0.6) is 0 Å².